The summed E-state index contributed by atoms with van der Waals surface area (Å²) in [5, 5.41) is 0.852. The van der Waals surface area contributed by atoms with Crippen molar-refractivity contribution in [2.24, 2.45) is 0 Å². The van der Waals surface area contributed by atoms with Crippen LogP contribution >= 0.6 is 11.8 Å². The number of hydrogen-bond acceptors (Lipinski definition) is 5. The molecule has 2 heterocycles. The van der Waals surface area contributed by atoms with Gasteiger partial charge in [-0.1, -0.05) is 17.8 Å². The number of ether oxygens (including phenoxy) is 1. The second-order valence-electron chi connectivity index (χ2n) is 6.85. The van der Waals surface area contributed by atoms with E-state index in [0.29, 0.717) is 5.75 Å². The van der Waals surface area contributed by atoms with Crippen LogP contribution in [0.5, 0.6) is 0 Å². The van der Waals surface area contributed by atoms with E-state index in [0.717, 1.165) is 50.2 Å². The molecule has 0 atom stereocenters. The lowest BCUT2D eigenvalue weighted by atomic mass is 10.1. The molecule has 2 aromatic rings. The van der Waals surface area contributed by atoms with Gasteiger partial charge in [0.2, 0.25) is 5.91 Å². The van der Waals surface area contributed by atoms with Crippen molar-refractivity contribution in [3.05, 3.63) is 41.7 Å². The van der Waals surface area contributed by atoms with E-state index in [1.807, 2.05) is 15.7 Å². The molecule has 1 aromatic carbocycles. The second-order valence-corrected chi connectivity index (χ2v) is 7.79. The van der Waals surface area contributed by atoms with E-state index >= 15 is 0 Å². The van der Waals surface area contributed by atoms with Gasteiger partial charge in [0.05, 0.1) is 12.4 Å². The maximum atomic E-state index is 12.6. The first-order chi connectivity index (χ1) is 13.1. The Hall–Kier alpha value is -1.83. The first-order valence-corrected chi connectivity index (χ1v) is 10.3. The summed E-state index contributed by atoms with van der Waals surface area (Å²) in [6.45, 7) is 9.29. The fourth-order valence-corrected chi connectivity index (χ4v) is 4.00. The number of amides is 1. The summed E-state index contributed by atoms with van der Waals surface area (Å²) in [5.41, 5.74) is 3.60. The zero-order chi connectivity index (χ0) is 19.2. The van der Waals surface area contributed by atoms with Crippen LogP contribution in [0.1, 0.15) is 11.1 Å². The Morgan fingerprint density at radius 3 is 2.67 bits per heavy atom. The lowest BCUT2D eigenvalue weighted by Gasteiger charge is -2.34. The Labute approximate surface area is 165 Å². The molecule has 0 saturated carbocycles. The van der Waals surface area contributed by atoms with E-state index in [2.05, 4.69) is 41.9 Å². The van der Waals surface area contributed by atoms with Crippen molar-refractivity contribution in [1.29, 1.82) is 0 Å². The van der Waals surface area contributed by atoms with Gasteiger partial charge in [0.15, 0.2) is 5.16 Å². The Morgan fingerprint density at radius 1 is 1.19 bits per heavy atom. The minimum absolute atomic E-state index is 0.182. The number of piperazine rings is 1. The predicted molar refractivity (Wildman–Crippen MR) is 109 cm³/mol. The van der Waals surface area contributed by atoms with E-state index in [1.165, 1.54) is 22.9 Å². The standard InChI is InChI=1S/C20H28N4O2S/c1-16-4-5-18(14-17(16)2)24-7-6-21-20(24)27-15-19(25)23-10-8-22(9-11-23)12-13-26-3/h4-7,14H,8-13,15H2,1-3H3. The van der Waals surface area contributed by atoms with Gasteiger partial charge in [-0.05, 0) is 37.1 Å². The molecule has 1 aliphatic rings. The molecule has 1 fully saturated rings. The summed E-state index contributed by atoms with van der Waals surface area (Å²) in [6, 6.07) is 6.37. The summed E-state index contributed by atoms with van der Waals surface area (Å²) in [5.74, 6) is 0.598. The van der Waals surface area contributed by atoms with E-state index < -0.39 is 0 Å². The van der Waals surface area contributed by atoms with Gasteiger partial charge in [0.1, 0.15) is 0 Å². The van der Waals surface area contributed by atoms with Crippen LogP contribution in [0.2, 0.25) is 0 Å². The van der Waals surface area contributed by atoms with Gasteiger partial charge in [-0.25, -0.2) is 4.98 Å². The minimum Gasteiger partial charge on any atom is -0.383 e. The van der Waals surface area contributed by atoms with Crippen LogP contribution in [0, 0.1) is 13.8 Å². The molecule has 0 spiro atoms. The van der Waals surface area contributed by atoms with Crippen molar-refractivity contribution in [3.8, 4) is 5.69 Å². The maximum absolute atomic E-state index is 12.6. The highest BCUT2D eigenvalue weighted by atomic mass is 32.2. The molecule has 3 rings (SSSR count). The van der Waals surface area contributed by atoms with Gasteiger partial charge in [-0.15, -0.1) is 0 Å². The summed E-state index contributed by atoms with van der Waals surface area (Å²) >= 11 is 1.50. The van der Waals surface area contributed by atoms with E-state index in [9.17, 15) is 4.79 Å². The third-order valence-corrected chi connectivity index (χ3v) is 5.99. The SMILES string of the molecule is COCCN1CCN(C(=O)CSc2nccn2-c2ccc(C)c(C)c2)CC1. The van der Waals surface area contributed by atoms with Crippen molar-refractivity contribution in [2.75, 3.05) is 52.2 Å². The van der Waals surface area contributed by atoms with Crippen LogP contribution < -0.4 is 0 Å². The van der Waals surface area contributed by atoms with Crippen molar-refractivity contribution in [1.82, 2.24) is 19.4 Å². The smallest absolute Gasteiger partial charge is 0.233 e. The van der Waals surface area contributed by atoms with Gasteiger partial charge in [0, 0.05) is 57.9 Å². The number of thioether (sulfide) groups is 1. The van der Waals surface area contributed by atoms with E-state index in [1.54, 1.807) is 13.3 Å². The van der Waals surface area contributed by atoms with Crippen LogP contribution in [0.25, 0.3) is 5.69 Å². The van der Waals surface area contributed by atoms with E-state index in [4.69, 9.17) is 4.74 Å². The van der Waals surface area contributed by atoms with Gasteiger partial charge >= 0.3 is 0 Å². The molecule has 146 valence electrons. The largest absolute Gasteiger partial charge is 0.383 e. The summed E-state index contributed by atoms with van der Waals surface area (Å²) in [7, 11) is 1.72. The lowest BCUT2D eigenvalue weighted by Crippen LogP contribution is -2.49. The second kappa shape index (κ2) is 9.39. The molecule has 1 aliphatic heterocycles. The average molecular weight is 389 g/mol. The van der Waals surface area contributed by atoms with Gasteiger partial charge in [0.25, 0.3) is 0 Å². The summed E-state index contributed by atoms with van der Waals surface area (Å²) in [4.78, 5) is 21.3. The fourth-order valence-electron chi connectivity index (χ4n) is 3.13. The van der Waals surface area contributed by atoms with Crippen LogP contribution in [0.15, 0.2) is 35.7 Å². The molecule has 0 N–H and O–H groups in total. The molecule has 7 heteroatoms. The number of nitrogens with zero attached hydrogens (tertiary/aromatic N) is 4. The number of aromatic nitrogens is 2. The molecule has 0 radical (unpaired) electrons. The first-order valence-electron chi connectivity index (χ1n) is 9.31. The normalized spacial score (nSPS) is 15.3. The number of methoxy groups -OCH3 is 1. The summed E-state index contributed by atoms with van der Waals surface area (Å²) in [6.07, 6.45) is 3.74. The molecular formula is C20H28N4O2S. The quantitative estimate of drug-likeness (QED) is 0.682. The highest BCUT2D eigenvalue weighted by Gasteiger charge is 2.21. The third kappa shape index (κ3) is 5.12. The molecule has 1 amide bonds. The zero-order valence-corrected chi connectivity index (χ0v) is 17.2. The minimum atomic E-state index is 0.182. The van der Waals surface area contributed by atoms with E-state index in [-0.39, 0.29) is 5.91 Å². The van der Waals surface area contributed by atoms with Crippen LogP contribution in [-0.2, 0) is 9.53 Å². The number of hydrogen-bond donors (Lipinski definition) is 0. The maximum Gasteiger partial charge on any atom is 0.233 e. The highest BCUT2D eigenvalue weighted by Crippen LogP contribution is 2.22. The average Bonchev–Trinajstić information content (AvgIpc) is 3.15. The number of rotatable bonds is 7. The van der Waals surface area contributed by atoms with Crippen molar-refractivity contribution >= 4 is 17.7 Å². The van der Waals surface area contributed by atoms with Gasteiger partial charge < -0.3 is 9.64 Å². The number of benzene rings is 1. The number of carbonyl (C=O) groups excluding carboxylic acids is 1. The number of aryl methyl sites for hydroxylation is 2. The van der Waals surface area contributed by atoms with Gasteiger partial charge in [-0.3, -0.25) is 14.3 Å². The Bertz CT molecular complexity index is 769. The molecule has 0 bridgehead atoms. The summed E-state index contributed by atoms with van der Waals surface area (Å²) < 4.78 is 7.17. The molecular weight excluding hydrogens is 360 g/mol. The van der Waals surface area contributed by atoms with Crippen LogP contribution in [-0.4, -0.2) is 77.5 Å². The third-order valence-electron chi connectivity index (χ3n) is 5.04. The molecule has 27 heavy (non-hydrogen) atoms. The van der Waals surface area contributed by atoms with Crippen molar-refractivity contribution < 1.29 is 9.53 Å². The molecule has 6 nitrogen and oxygen atoms in total. The molecule has 0 aliphatic carbocycles. The van der Waals surface area contributed by atoms with Crippen LogP contribution in [0.3, 0.4) is 0 Å². The van der Waals surface area contributed by atoms with Gasteiger partial charge in [-0.2, -0.15) is 0 Å². The number of imidazole rings is 1. The first kappa shape index (κ1) is 19.9. The lowest BCUT2D eigenvalue weighted by molar-refractivity contribution is -0.130. The van der Waals surface area contributed by atoms with Crippen LogP contribution in [0.4, 0.5) is 0 Å². The molecule has 1 aromatic heterocycles. The monoisotopic (exact) mass is 388 g/mol. The number of carbonyl (C=O) groups is 1. The highest BCUT2D eigenvalue weighted by molar-refractivity contribution is 7.99. The predicted octanol–water partition coefficient (Wildman–Crippen LogP) is 2.37. The molecule has 1 saturated heterocycles. The topological polar surface area (TPSA) is 50.6 Å². The Kier molecular flexibility index (Phi) is 6.93. The van der Waals surface area contributed by atoms with Crippen molar-refractivity contribution in [2.45, 2.75) is 19.0 Å². The Morgan fingerprint density at radius 2 is 1.96 bits per heavy atom. The molecule has 0 unspecified atom stereocenters. The zero-order valence-electron chi connectivity index (χ0n) is 16.4. The fraction of sp³-hybridized carbons (Fsp3) is 0.500. The van der Waals surface area contributed by atoms with Crippen molar-refractivity contribution in [3.63, 3.8) is 0 Å². The Balaban J connectivity index is 1.54.